The van der Waals surface area contributed by atoms with Crippen LogP contribution in [0.4, 0.5) is 0 Å². The molecule has 13 nitrogen and oxygen atoms in total. The summed E-state index contributed by atoms with van der Waals surface area (Å²) < 4.78 is 21.4. The first-order valence-corrected chi connectivity index (χ1v) is 10.1. The van der Waals surface area contributed by atoms with Crippen LogP contribution in [0.15, 0.2) is 24.3 Å². The van der Waals surface area contributed by atoms with Gasteiger partial charge in [0.2, 0.25) is 6.29 Å². The van der Waals surface area contributed by atoms with E-state index < -0.39 is 80.7 Å². The van der Waals surface area contributed by atoms with Gasteiger partial charge in [-0.25, -0.2) is 0 Å². The van der Waals surface area contributed by atoms with E-state index in [-0.39, 0.29) is 5.75 Å². The second-order valence-corrected chi connectivity index (χ2v) is 7.73. The molecule has 2 saturated heterocycles. The van der Waals surface area contributed by atoms with Crippen LogP contribution >= 0.6 is 0 Å². The Labute approximate surface area is 188 Å². The Kier molecular flexibility index (Phi) is 8.56. The van der Waals surface area contributed by atoms with Gasteiger partial charge in [0.1, 0.15) is 54.6 Å². The van der Waals surface area contributed by atoms with Gasteiger partial charge in [0.15, 0.2) is 12.4 Å². The van der Waals surface area contributed by atoms with Crippen molar-refractivity contribution in [1.29, 1.82) is 5.26 Å². The molecule has 0 aromatic heterocycles. The molecule has 1 aromatic carbocycles. The molecule has 2 aliphatic heterocycles. The van der Waals surface area contributed by atoms with Crippen molar-refractivity contribution < 1.29 is 59.8 Å². The number of rotatable bonds is 7. The molecule has 33 heavy (non-hydrogen) atoms. The van der Waals surface area contributed by atoms with Crippen LogP contribution in [0.2, 0.25) is 0 Å². The lowest BCUT2D eigenvalue weighted by molar-refractivity contribution is -0.307. The standard InChI is InChI=1S/C20H27NO12/c21-5-10(31-20-18(29)16(27)14(25)12(7-23)33-20)8-1-3-9(4-2-8)30-19-17(28)15(26)13(24)11(6-22)32-19/h1-4,10-20,22-29H,6-7H2. The first-order valence-electron chi connectivity index (χ1n) is 10.1. The second-order valence-electron chi connectivity index (χ2n) is 7.73. The molecule has 8 N–H and O–H groups in total. The third-order valence-electron chi connectivity index (χ3n) is 5.52. The van der Waals surface area contributed by atoms with Gasteiger partial charge in [0.05, 0.1) is 19.3 Å². The predicted molar refractivity (Wildman–Crippen MR) is 104 cm³/mol. The summed E-state index contributed by atoms with van der Waals surface area (Å²) in [6.07, 6.45) is -16.1. The average molecular weight is 473 g/mol. The number of nitriles is 1. The number of aliphatic hydroxyl groups is 8. The van der Waals surface area contributed by atoms with Gasteiger partial charge in [-0.05, 0) is 17.7 Å². The van der Waals surface area contributed by atoms with Crippen LogP contribution in [-0.2, 0) is 14.2 Å². The Morgan fingerprint density at radius 3 is 1.73 bits per heavy atom. The van der Waals surface area contributed by atoms with Crippen molar-refractivity contribution in [2.75, 3.05) is 13.2 Å². The van der Waals surface area contributed by atoms with Crippen LogP contribution in [0.25, 0.3) is 0 Å². The van der Waals surface area contributed by atoms with E-state index in [1.165, 1.54) is 24.3 Å². The summed E-state index contributed by atoms with van der Waals surface area (Å²) in [4.78, 5) is 0. The van der Waals surface area contributed by atoms with Gasteiger partial charge < -0.3 is 59.8 Å². The number of ether oxygens (including phenoxy) is 4. The molecule has 2 aliphatic rings. The van der Waals surface area contributed by atoms with Crippen LogP contribution in [0, 0.1) is 11.3 Å². The Balaban J connectivity index is 1.66. The largest absolute Gasteiger partial charge is 0.462 e. The zero-order valence-corrected chi connectivity index (χ0v) is 17.2. The summed E-state index contributed by atoms with van der Waals surface area (Å²) in [6, 6.07) is 7.52. The van der Waals surface area contributed by atoms with Crippen molar-refractivity contribution in [2.45, 2.75) is 67.5 Å². The molecule has 0 radical (unpaired) electrons. The molecular formula is C20H27NO12. The second kappa shape index (κ2) is 11.0. The molecular weight excluding hydrogens is 446 g/mol. The van der Waals surface area contributed by atoms with Gasteiger partial charge in [-0.3, -0.25) is 0 Å². The van der Waals surface area contributed by atoms with Gasteiger partial charge in [-0.1, -0.05) is 12.1 Å². The van der Waals surface area contributed by atoms with Gasteiger partial charge in [-0.15, -0.1) is 0 Å². The van der Waals surface area contributed by atoms with Crippen molar-refractivity contribution >= 4 is 0 Å². The summed E-state index contributed by atoms with van der Waals surface area (Å²) in [7, 11) is 0. The van der Waals surface area contributed by atoms with Gasteiger partial charge >= 0.3 is 0 Å². The van der Waals surface area contributed by atoms with E-state index in [1.807, 2.05) is 6.07 Å². The fourth-order valence-corrected chi connectivity index (χ4v) is 3.52. The number of aliphatic hydroxyl groups excluding tert-OH is 8. The Hall–Kier alpha value is -1.93. The lowest BCUT2D eigenvalue weighted by Crippen LogP contribution is -2.60. The van der Waals surface area contributed by atoms with Gasteiger partial charge in [0, 0.05) is 0 Å². The SMILES string of the molecule is N#CC(OC1OC(CO)C(O)C(O)C1O)c1ccc(OC2OC(CO)C(O)C(O)C2O)cc1. The molecule has 11 atom stereocenters. The minimum absolute atomic E-state index is 0.160. The first-order chi connectivity index (χ1) is 15.7. The molecule has 1 aromatic rings. The molecule has 0 amide bonds. The summed E-state index contributed by atoms with van der Waals surface area (Å²) in [6.45, 7) is -1.26. The van der Waals surface area contributed by atoms with E-state index in [9.17, 15) is 46.1 Å². The Bertz CT molecular complexity index is 799. The number of hydrogen-bond acceptors (Lipinski definition) is 13. The molecule has 0 aliphatic carbocycles. The van der Waals surface area contributed by atoms with Crippen LogP contribution in [-0.4, -0.2) is 115 Å². The first kappa shape index (κ1) is 25.7. The molecule has 11 unspecified atom stereocenters. The van der Waals surface area contributed by atoms with Crippen molar-refractivity contribution in [3.05, 3.63) is 29.8 Å². The maximum atomic E-state index is 10.1. The van der Waals surface area contributed by atoms with E-state index in [4.69, 9.17) is 18.9 Å². The van der Waals surface area contributed by atoms with Crippen LogP contribution < -0.4 is 4.74 Å². The molecule has 2 fully saturated rings. The lowest BCUT2D eigenvalue weighted by atomic mass is 9.99. The minimum atomic E-state index is -1.67. The topological polar surface area (TPSA) is 223 Å². The summed E-state index contributed by atoms with van der Waals surface area (Å²) in [5.74, 6) is 0.160. The van der Waals surface area contributed by atoms with Crippen LogP contribution in [0.3, 0.4) is 0 Å². The molecule has 0 saturated carbocycles. The third kappa shape index (κ3) is 5.43. The van der Waals surface area contributed by atoms with Gasteiger partial charge in [0.25, 0.3) is 0 Å². The quantitative estimate of drug-likeness (QED) is 0.191. The molecule has 3 rings (SSSR count). The fourth-order valence-electron chi connectivity index (χ4n) is 3.52. The number of hydrogen-bond donors (Lipinski definition) is 8. The van der Waals surface area contributed by atoms with Gasteiger partial charge in [-0.2, -0.15) is 5.26 Å². The van der Waals surface area contributed by atoms with Crippen molar-refractivity contribution in [3.63, 3.8) is 0 Å². The highest BCUT2D eigenvalue weighted by molar-refractivity contribution is 5.31. The average Bonchev–Trinajstić information content (AvgIpc) is 2.83. The van der Waals surface area contributed by atoms with Crippen molar-refractivity contribution in [1.82, 2.24) is 0 Å². The molecule has 13 heteroatoms. The van der Waals surface area contributed by atoms with Crippen molar-refractivity contribution in [3.8, 4) is 11.8 Å². The van der Waals surface area contributed by atoms with Crippen LogP contribution in [0.1, 0.15) is 11.7 Å². The fraction of sp³-hybridized carbons (Fsp3) is 0.650. The Morgan fingerprint density at radius 1 is 0.758 bits per heavy atom. The molecule has 0 spiro atoms. The monoisotopic (exact) mass is 473 g/mol. The van der Waals surface area contributed by atoms with E-state index >= 15 is 0 Å². The van der Waals surface area contributed by atoms with E-state index in [0.717, 1.165) is 0 Å². The van der Waals surface area contributed by atoms with Crippen molar-refractivity contribution in [2.24, 2.45) is 0 Å². The number of benzene rings is 1. The molecule has 2 heterocycles. The predicted octanol–water partition coefficient (Wildman–Crippen LogP) is -3.75. The summed E-state index contributed by atoms with van der Waals surface area (Å²) in [5, 5.41) is 87.5. The molecule has 0 bridgehead atoms. The highest BCUT2D eigenvalue weighted by Gasteiger charge is 2.46. The van der Waals surface area contributed by atoms with Crippen LogP contribution in [0.5, 0.6) is 5.75 Å². The maximum absolute atomic E-state index is 10.1. The zero-order valence-electron chi connectivity index (χ0n) is 17.2. The van der Waals surface area contributed by atoms with E-state index in [0.29, 0.717) is 5.56 Å². The molecule has 184 valence electrons. The maximum Gasteiger partial charge on any atom is 0.229 e. The third-order valence-corrected chi connectivity index (χ3v) is 5.52. The van der Waals surface area contributed by atoms with E-state index in [2.05, 4.69) is 0 Å². The highest BCUT2D eigenvalue weighted by Crippen LogP contribution is 2.29. The lowest BCUT2D eigenvalue weighted by Gasteiger charge is -2.40. The smallest absolute Gasteiger partial charge is 0.229 e. The summed E-state index contributed by atoms with van der Waals surface area (Å²) >= 11 is 0. The highest BCUT2D eigenvalue weighted by atomic mass is 16.7. The summed E-state index contributed by atoms with van der Waals surface area (Å²) in [5.41, 5.74) is 0.301. The van der Waals surface area contributed by atoms with E-state index in [1.54, 1.807) is 0 Å². The number of nitrogens with zero attached hydrogens (tertiary/aromatic N) is 1. The Morgan fingerprint density at radius 2 is 1.24 bits per heavy atom. The zero-order chi connectivity index (χ0) is 24.3. The minimum Gasteiger partial charge on any atom is -0.462 e. The normalized spacial score (nSPS) is 40.1.